The summed E-state index contributed by atoms with van der Waals surface area (Å²) in [5.41, 5.74) is 5.77. The van der Waals surface area contributed by atoms with E-state index >= 15 is 0 Å². The summed E-state index contributed by atoms with van der Waals surface area (Å²) in [6.45, 7) is 6.62. The molecule has 1 aromatic heterocycles. The van der Waals surface area contributed by atoms with Crippen molar-refractivity contribution in [2.45, 2.75) is 33.6 Å². The molecule has 17 heavy (non-hydrogen) atoms. The van der Waals surface area contributed by atoms with E-state index in [9.17, 15) is 0 Å². The van der Waals surface area contributed by atoms with Gasteiger partial charge in [0.05, 0.1) is 16.1 Å². The maximum Gasteiger partial charge on any atom is 0.0801 e. The fourth-order valence-electron chi connectivity index (χ4n) is 1.92. The summed E-state index contributed by atoms with van der Waals surface area (Å²) < 4.78 is 0. The lowest BCUT2D eigenvalue weighted by molar-refractivity contribution is 0.560. The van der Waals surface area contributed by atoms with Crippen LogP contribution in [0.15, 0.2) is 29.8 Å². The lowest BCUT2D eigenvalue weighted by Gasteiger charge is -2.08. The molecule has 1 unspecified atom stereocenters. The maximum atomic E-state index is 4.30. The Morgan fingerprint density at radius 2 is 1.94 bits per heavy atom. The number of hydrogen-bond acceptors (Lipinski definition) is 2. The SMILES string of the molecule is CCC(C)Cc1ccc(-c2scnc2C)cc1. The van der Waals surface area contributed by atoms with Crippen LogP contribution in [-0.4, -0.2) is 4.98 Å². The highest BCUT2D eigenvalue weighted by molar-refractivity contribution is 7.13. The van der Waals surface area contributed by atoms with E-state index in [2.05, 4.69) is 50.0 Å². The normalized spacial score (nSPS) is 12.6. The van der Waals surface area contributed by atoms with Crippen molar-refractivity contribution < 1.29 is 0 Å². The second kappa shape index (κ2) is 5.46. The average molecular weight is 245 g/mol. The highest BCUT2D eigenvalue weighted by Crippen LogP contribution is 2.27. The Hall–Kier alpha value is -1.15. The van der Waals surface area contributed by atoms with Gasteiger partial charge in [-0.25, -0.2) is 4.98 Å². The van der Waals surface area contributed by atoms with E-state index in [0.29, 0.717) is 0 Å². The van der Waals surface area contributed by atoms with E-state index in [4.69, 9.17) is 0 Å². The molecule has 90 valence electrons. The van der Waals surface area contributed by atoms with Crippen LogP contribution in [0.5, 0.6) is 0 Å². The van der Waals surface area contributed by atoms with E-state index in [1.54, 1.807) is 11.3 Å². The largest absolute Gasteiger partial charge is 0.249 e. The van der Waals surface area contributed by atoms with E-state index in [-0.39, 0.29) is 0 Å². The van der Waals surface area contributed by atoms with Crippen molar-refractivity contribution in [3.05, 3.63) is 41.0 Å². The fraction of sp³-hybridized carbons (Fsp3) is 0.400. The summed E-state index contributed by atoms with van der Waals surface area (Å²) in [6, 6.07) is 8.94. The Morgan fingerprint density at radius 3 is 2.47 bits per heavy atom. The number of aromatic nitrogens is 1. The Labute approximate surface area is 108 Å². The zero-order valence-corrected chi connectivity index (χ0v) is 11.6. The van der Waals surface area contributed by atoms with E-state index < -0.39 is 0 Å². The Kier molecular flexibility index (Phi) is 3.95. The molecule has 1 heterocycles. The molecule has 0 saturated heterocycles. The van der Waals surface area contributed by atoms with Crippen molar-refractivity contribution in [3.63, 3.8) is 0 Å². The molecule has 0 radical (unpaired) electrons. The van der Waals surface area contributed by atoms with Gasteiger partial charge in [-0.3, -0.25) is 0 Å². The zero-order chi connectivity index (χ0) is 12.3. The summed E-state index contributed by atoms with van der Waals surface area (Å²) in [5.74, 6) is 0.769. The van der Waals surface area contributed by atoms with E-state index in [0.717, 1.165) is 11.6 Å². The molecule has 2 aromatic rings. The third-order valence-corrected chi connectivity index (χ3v) is 4.22. The summed E-state index contributed by atoms with van der Waals surface area (Å²) in [6.07, 6.45) is 2.42. The zero-order valence-electron chi connectivity index (χ0n) is 10.7. The van der Waals surface area contributed by atoms with Crippen LogP contribution >= 0.6 is 11.3 Å². The maximum absolute atomic E-state index is 4.30. The van der Waals surface area contributed by atoms with Crippen LogP contribution in [-0.2, 0) is 6.42 Å². The van der Waals surface area contributed by atoms with Gasteiger partial charge < -0.3 is 0 Å². The average Bonchev–Trinajstić information content (AvgIpc) is 2.76. The number of hydrogen-bond donors (Lipinski definition) is 0. The Balaban J connectivity index is 2.16. The predicted octanol–water partition coefficient (Wildman–Crippen LogP) is 4.71. The molecule has 0 aliphatic carbocycles. The van der Waals surface area contributed by atoms with Gasteiger partial charge in [-0.05, 0) is 30.4 Å². The van der Waals surface area contributed by atoms with Gasteiger partial charge in [0.25, 0.3) is 0 Å². The highest BCUT2D eigenvalue weighted by atomic mass is 32.1. The first kappa shape index (κ1) is 12.3. The van der Waals surface area contributed by atoms with E-state index in [1.165, 1.54) is 28.8 Å². The fourth-order valence-corrected chi connectivity index (χ4v) is 2.73. The minimum Gasteiger partial charge on any atom is -0.249 e. The topological polar surface area (TPSA) is 12.9 Å². The van der Waals surface area contributed by atoms with Gasteiger partial charge in [0.2, 0.25) is 0 Å². The number of benzene rings is 1. The molecule has 0 aliphatic heterocycles. The van der Waals surface area contributed by atoms with Crippen LogP contribution in [0.4, 0.5) is 0 Å². The van der Waals surface area contributed by atoms with Crippen molar-refractivity contribution in [1.29, 1.82) is 0 Å². The van der Waals surface area contributed by atoms with Crippen LogP contribution in [0.1, 0.15) is 31.5 Å². The molecule has 1 nitrogen and oxygen atoms in total. The molecular formula is C15H19NS. The van der Waals surface area contributed by atoms with Gasteiger partial charge in [-0.2, -0.15) is 0 Å². The lowest BCUT2D eigenvalue weighted by atomic mass is 9.98. The molecule has 0 spiro atoms. The number of rotatable bonds is 4. The standard InChI is InChI=1S/C15H19NS/c1-4-11(2)9-13-5-7-14(8-6-13)15-12(3)16-10-17-15/h5-8,10-11H,4,9H2,1-3H3. The molecule has 2 heteroatoms. The minimum absolute atomic E-state index is 0.769. The van der Waals surface area contributed by atoms with Gasteiger partial charge in [0.1, 0.15) is 0 Å². The third-order valence-electron chi connectivity index (χ3n) is 3.24. The van der Waals surface area contributed by atoms with Gasteiger partial charge >= 0.3 is 0 Å². The molecule has 1 atom stereocenters. The number of aryl methyl sites for hydroxylation is 1. The second-order valence-corrected chi connectivity index (χ2v) is 5.54. The van der Waals surface area contributed by atoms with Crippen molar-refractivity contribution in [3.8, 4) is 10.4 Å². The van der Waals surface area contributed by atoms with Gasteiger partial charge in [0, 0.05) is 0 Å². The minimum atomic E-state index is 0.769. The van der Waals surface area contributed by atoms with Crippen molar-refractivity contribution in [2.24, 2.45) is 5.92 Å². The number of thiazole rings is 1. The highest BCUT2D eigenvalue weighted by Gasteiger charge is 2.05. The molecule has 1 aromatic carbocycles. The summed E-state index contributed by atoms with van der Waals surface area (Å²) in [5, 5.41) is 0. The van der Waals surface area contributed by atoms with Crippen LogP contribution in [0.3, 0.4) is 0 Å². The van der Waals surface area contributed by atoms with Gasteiger partial charge in [0.15, 0.2) is 0 Å². The first-order valence-corrected chi connectivity index (χ1v) is 7.08. The molecule has 0 bridgehead atoms. The van der Waals surface area contributed by atoms with Crippen LogP contribution in [0, 0.1) is 12.8 Å². The first-order chi connectivity index (χ1) is 8.20. The molecule has 2 rings (SSSR count). The Morgan fingerprint density at radius 1 is 1.24 bits per heavy atom. The molecule has 0 N–H and O–H groups in total. The van der Waals surface area contributed by atoms with Crippen molar-refractivity contribution >= 4 is 11.3 Å². The van der Waals surface area contributed by atoms with Gasteiger partial charge in [-0.15, -0.1) is 11.3 Å². The lowest BCUT2D eigenvalue weighted by Crippen LogP contribution is -1.97. The van der Waals surface area contributed by atoms with Crippen molar-refractivity contribution in [2.75, 3.05) is 0 Å². The number of nitrogens with zero attached hydrogens (tertiary/aromatic N) is 1. The monoisotopic (exact) mass is 245 g/mol. The molecule has 0 saturated carbocycles. The quantitative estimate of drug-likeness (QED) is 0.760. The molecular weight excluding hydrogens is 226 g/mol. The smallest absolute Gasteiger partial charge is 0.0801 e. The van der Waals surface area contributed by atoms with Crippen LogP contribution < -0.4 is 0 Å². The first-order valence-electron chi connectivity index (χ1n) is 6.20. The summed E-state index contributed by atoms with van der Waals surface area (Å²) in [7, 11) is 0. The van der Waals surface area contributed by atoms with Gasteiger partial charge in [-0.1, -0.05) is 44.5 Å². The molecule has 0 aliphatic rings. The van der Waals surface area contributed by atoms with E-state index in [1.807, 2.05) is 5.51 Å². The predicted molar refractivity (Wildman–Crippen MR) is 75.4 cm³/mol. The molecule has 0 fully saturated rings. The summed E-state index contributed by atoms with van der Waals surface area (Å²) in [4.78, 5) is 5.59. The van der Waals surface area contributed by atoms with Crippen molar-refractivity contribution in [1.82, 2.24) is 4.98 Å². The van der Waals surface area contributed by atoms with Crippen LogP contribution in [0.2, 0.25) is 0 Å². The summed E-state index contributed by atoms with van der Waals surface area (Å²) >= 11 is 1.72. The third kappa shape index (κ3) is 2.95. The Bertz CT molecular complexity index is 470. The second-order valence-electron chi connectivity index (χ2n) is 4.68. The van der Waals surface area contributed by atoms with Crippen LogP contribution in [0.25, 0.3) is 10.4 Å². The molecule has 0 amide bonds.